The number of aromatic nitrogens is 6. The molecule has 0 saturated carbocycles. The van der Waals surface area contributed by atoms with Gasteiger partial charge in [0.05, 0.1) is 17.9 Å². The first-order valence-electron chi connectivity index (χ1n) is 5.25. The van der Waals surface area contributed by atoms with Crippen molar-refractivity contribution in [3.63, 3.8) is 0 Å². The van der Waals surface area contributed by atoms with Gasteiger partial charge in [0.1, 0.15) is 5.01 Å². The standard InChI is InChI=1S/C10H9N7S/c1-2-4-11-8(3-1)9-13-7(6-18-9)5-12-10-14-16-17-15-10/h1-4,6H,5H2,(H2,12,14,15,16,17). The maximum absolute atomic E-state index is 4.49. The number of pyridine rings is 1. The van der Waals surface area contributed by atoms with Gasteiger partial charge in [-0.25, -0.2) is 4.98 Å². The second kappa shape index (κ2) is 4.88. The van der Waals surface area contributed by atoms with E-state index in [1.807, 2.05) is 23.6 Å². The quantitative estimate of drug-likeness (QED) is 0.734. The molecule has 0 radical (unpaired) electrons. The highest BCUT2D eigenvalue weighted by Crippen LogP contribution is 2.21. The zero-order valence-electron chi connectivity index (χ0n) is 9.24. The number of rotatable bonds is 4. The smallest absolute Gasteiger partial charge is 0.263 e. The molecule has 0 spiro atoms. The predicted octanol–water partition coefficient (Wildman–Crippen LogP) is 1.33. The van der Waals surface area contributed by atoms with Crippen molar-refractivity contribution in [1.82, 2.24) is 30.6 Å². The molecule has 0 bridgehead atoms. The first-order valence-corrected chi connectivity index (χ1v) is 6.13. The molecule has 3 rings (SSSR count). The molecule has 2 N–H and O–H groups in total. The monoisotopic (exact) mass is 259 g/mol. The molecule has 90 valence electrons. The van der Waals surface area contributed by atoms with E-state index in [1.165, 1.54) is 0 Å². The average molecular weight is 259 g/mol. The van der Waals surface area contributed by atoms with Crippen LogP contribution in [0.1, 0.15) is 5.69 Å². The van der Waals surface area contributed by atoms with E-state index < -0.39 is 0 Å². The maximum atomic E-state index is 4.49. The second-order valence-corrected chi connectivity index (χ2v) is 4.31. The van der Waals surface area contributed by atoms with E-state index in [9.17, 15) is 0 Å². The zero-order valence-corrected chi connectivity index (χ0v) is 10.1. The maximum Gasteiger partial charge on any atom is 0.263 e. The minimum Gasteiger partial charge on any atom is -0.346 e. The van der Waals surface area contributed by atoms with E-state index in [4.69, 9.17) is 0 Å². The van der Waals surface area contributed by atoms with Crippen LogP contribution in [-0.4, -0.2) is 30.6 Å². The first-order chi connectivity index (χ1) is 8.92. The zero-order chi connectivity index (χ0) is 12.2. The van der Waals surface area contributed by atoms with Gasteiger partial charge in [0, 0.05) is 11.6 Å². The summed E-state index contributed by atoms with van der Waals surface area (Å²) in [6.45, 7) is 0.558. The fourth-order valence-electron chi connectivity index (χ4n) is 1.40. The Kier molecular flexibility index (Phi) is 2.92. The predicted molar refractivity (Wildman–Crippen MR) is 66.8 cm³/mol. The fourth-order valence-corrected chi connectivity index (χ4v) is 2.20. The lowest BCUT2D eigenvalue weighted by Gasteiger charge is -1.96. The molecule has 0 aliphatic carbocycles. The molecule has 0 fully saturated rings. The van der Waals surface area contributed by atoms with Gasteiger partial charge >= 0.3 is 0 Å². The summed E-state index contributed by atoms with van der Waals surface area (Å²) in [5.74, 6) is 0.461. The van der Waals surface area contributed by atoms with Crippen molar-refractivity contribution in [1.29, 1.82) is 0 Å². The van der Waals surface area contributed by atoms with Crippen LogP contribution in [0.15, 0.2) is 29.8 Å². The van der Waals surface area contributed by atoms with Crippen LogP contribution in [0.4, 0.5) is 5.95 Å². The minimum absolute atomic E-state index is 0.461. The van der Waals surface area contributed by atoms with Gasteiger partial charge in [0.25, 0.3) is 5.95 Å². The van der Waals surface area contributed by atoms with E-state index in [2.05, 4.69) is 35.9 Å². The van der Waals surface area contributed by atoms with Crippen LogP contribution in [0.5, 0.6) is 0 Å². The molecule has 0 aromatic carbocycles. The van der Waals surface area contributed by atoms with Gasteiger partial charge in [-0.3, -0.25) is 4.98 Å². The molecule has 0 saturated heterocycles. The third kappa shape index (κ3) is 2.33. The normalized spacial score (nSPS) is 10.4. The molecule has 0 aliphatic heterocycles. The molecular weight excluding hydrogens is 250 g/mol. The van der Waals surface area contributed by atoms with Crippen molar-refractivity contribution in [3.05, 3.63) is 35.5 Å². The Morgan fingerprint density at radius 2 is 2.33 bits per heavy atom. The lowest BCUT2D eigenvalue weighted by atomic mass is 10.4. The van der Waals surface area contributed by atoms with Crippen LogP contribution in [0.2, 0.25) is 0 Å². The number of nitrogens with one attached hydrogen (secondary N) is 2. The summed E-state index contributed by atoms with van der Waals surface area (Å²) in [6.07, 6.45) is 1.76. The SMILES string of the molecule is c1ccc(-c2nc(CNc3nn[nH]n3)cs2)nc1. The minimum atomic E-state index is 0.461. The van der Waals surface area contributed by atoms with E-state index >= 15 is 0 Å². The number of hydrogen-bond acceptors (Lipinski definition) is 7. The largest absolute Gasteiger partial charge is 0.346 e. The number of aromatic amines is 1. The number of hydrogen-bond donors (Lipinski definition) is 2. The third-order valence-corrected chi connectivity index (χ3v) is 3.12. The Labute approximate surface area is 106 Å². The van der Waals surface area contributed by atoms with Crippen molar-refractivity contribution in [2.45, 2.75) is 6.54 Å². The van der Waals surface area contributed by atoms with Gasteiger partial charge < -0.3 is 5.32 Å². The molecule has 7 nitrogen and oxygen atoms in total. The van der Waals surface area contributed by atoms with Crippen LogP contribution in [-0.2, 0) is 6.54 Å². The van der Waals surface area contributed by atoms with Gasteiger partial charge in [-0.2, -0.15) is 5.21 Å². The Balaban J connectivity index is 1.70. The topological polar surface area (TPSA) is 92.3 Å². The third-order valence-electron chi connectivity index (χ3n) is 2.21. The van der Waals surface area contributed by atoms with Crippen LogP contribution >= 0.6 is 11.3 Å². The lowest BCUT2D eigenvalue weighted by Crippen LogP contribution is -2.01. The van der Waals surface area contributed by atoms with Crippen LogP contribution < -0.4 is 5.32 Å². The molecule has 8 heteroatoms. The van der Waals surface area contributed by atoms with Crippen molar-refractivity contribution in [2.24, 2.45) is 0 Å². The van der Waals surface area contributed by atoms with Gasteiger partial charge in [-0.05, 0) is 17.3 Å². The van der Waals surface area contributed by atoms with Gasteiger partial charge in [0.2, 0.25) is 0 Å². The number of thiazole rings is 1. The lowest BCUT2D eigenvalue weighted by molar-refractivity contribution is 0.881. The summed E-state index contributed by atoms with van der Waals surface area (Å²) < 4.78 is 0. The summed E-state index contributed by atoms with van der Waals surface area (Å²) in [6, 6.07) is 5.77. The van der Waals surface area contributed by atoms with E-state index in [1.54, 1.807) is 17.5 Å². The van der Waals surface area contributed by atoms with Crippen molar-refractivity contribution in [3.8, 4) is 10.7 Å². The van der Waals surface area contributed by atoms with Gasteiger partial charge in [-0.1, -0.05) is 11.2 Å². The molecule has 0 amide bonds. The number of anilines is 1. The van der Waals surface area contributed by atoms with E-state index in [0.717, 1.165) is 16.4 Å². The van der Waals surface area contributed by atoms with Gasteiger partial charge in [-0.15, -0.1) is 16.4 Å². The average Bonchev–Trinajstić information content (AvgIpc) is 3.09. The first kappa shape index (κ1) is 10.8. The number of H-pyrrole nitrogens is 1. The van der Waals surface area contributed by atoms with Crippen LogP contribution in [0.25, 0.3) is 10.7 Å². The summed E-state index contributed by atoms with van der Waals surface area (Å²) >= 11 is 1.56. The second-order valence-electron chi connectivity index (χ2n) is 3.45. The molecule has 3 aromatic heterocycles. The van der Waals surface area contributed by atoms with Crippen molar-refractivity contribution < 1.29 is 0 Å². The van der Waals surface area contributed by atoms with Crippen molar-refractivity contribution >= 4 is 17.3 Å². The molecule has 0 unspecified atom stereocenters. The number of nitrogens with zero attached hydrogens (tertiary/aromatic N) is 5. The fraction of sp³-hybridized carbons (Fsp3) is 0.100. The summed E-state index contributed by atoms with van der Waals surface area (Å²) in [7, 11) is 0. The molecule has 18 heavy (non-hydrogen) atoms. The Morgan fingerprint density at radius 3 is 3.11 bits per heavy atom. The molecule has 0 atom stereocenters. The molecule has 3 aromatic rings. The summed E-state index contributed by atoms with van der Waals surface area (Å²) in [5.41, 5.74) is 1.80. The van der Waals surface area contributed by atoms with Crippen LogP contribution in [0, 0.1) is 0 Å². The molecule has 3 heterocycles. The van der Waals surface area contributed by atoms with Crippen molar-refractivity contribution in [2.75, 3.05) is 5.32 Å². The Morgan fingerprint density at radius 1 is 1.33 bits per heavy atom. The summed E-state index contributed by atoms with van der Waals surface area (Å²) in [5, 5.41) is 19.3. The Hall–Kier alpha value is -2.35. The Bertz CT molecular complexity index is 604. The van der Waals surface area contributed by atoms with Crippen LogP contribution in [0.3, 0.4) is 0 Å². The summed E-state index contributed by atoms with van der Waals surface area (Å²) in [4.78, 5) is 8.75. The number of tetrazole rings is 1. The highest BCUT2D eigenvalue weighted by molar-refractivity contribution is 7.13. The molecule has 0 aliphatic rings. The van der Waals surface area contributed by atoms with E-state index in [-0.39, 0.29) is 0 Å². The highest BCUT2D eigenvalue weighted by Gasteiger charge is 2.05. The highest BCUT2D eigenvalue weighted by atomic mass is 32.1. The van der Waals surface area contributed by atoms with Gasteiger partial charge in [0.15, 0.2) is 0 Å². The van der Waals surface area contributed by atoms with E-state index in [0.29, 0.717) is 12.5 Å². The molecular formula is C10H9N7S.